The van der Waals surface area contributed by atoms with Crippen LogP contribution in [0.2, 0.25) is 0 Å². The minimum atomic E-state index is -0.0861. The maximum absolute atomic E-state index is 15.2. The van der Waals surface area contributed by atoms with E-state index in [-0.39, 0.29) is 24.3 Å². The van der Waals surface area contributed by atoms with Crippen molar-refractivity contribution in [1.29, 1.82) is 0 Å². The highest BCUT2D eigenvalue weighted by Crippen LogP contribution is 2.50. The third-order valence-corrected chi connectivity index (χ3v) is 18.0. The summed E-state index contributed by atoms with van der Waals surface area (Å²) in [5.41, 5.74) is 24.6. The average molecular weight is 1240 g/mol. The molecule has 96 heavy (non-hydrogen) atoms. The lowest BCUT2D eigenvalue weighted by Crippen LogP contribution is -2.29. The van der Waals surface area contributed by atoms with Gasteiger partial charge in [0.1, 0.15) is 24.7 Å². The number of benzene rings is 12. The van der Waals surface area contributed by atoms with Gasteiger partial charge in [-0.15, -0.1) is 0 Å². The van der Waals surface area contributed by atoms with Crippen molar-refractivity contribution in [3.8, 4) is 89.9 Å². The highest BCUT2D eigenvalue weighted by molar-refractivity contribution is 6.01. The fourth-order valence-electron chi connectivity index (χ4n) is 13.6. The first-order chi connectivity index (χ1) is 47.3. The zero-order chi connectivity index (χ0) is 64.9. The van der Waals surface area contributed by atoms with Gasteiger partial charge in [-0.3, -0.25) is 18.7 Å². The predicted molar refractivity (Wildman–Crippen MR) is 395 cm³/mol. The fraction of sp³-hybridized carbons (Fsp3) is 0.0444. The number of rotatable bonds is 12. The van der Waals surface area contributed by atoms with Gasteiger partial charge in [-0.25, -0.2) is 0 Å². The van der Waals surface area contributed by atoms with E-state index in [9.17, 15) is 0 Å². The lowest BCUT2D eigenvalue weighted by Gasteiger charge is -2.29. The Bertz CT molecular complexity index is 5020. The fourth-order valence-corrected chi connectivity index (χ4v) is 13.6. The Labute approximate surface area is 559 Å². The molecule has 6 heteroatoms. The highest BCUT2D eigenvalue weighted by Gasteiger charge is 2.33. The lowest BCUT2D eigenvalue weighted by atomic mass is 9.86. The van der Waals surface area contributed by atoms with Gasteiger partial charge in [0.05, 0.1) is 33.9 Å². The van der Waals surface area contributed by atoms with Gasteiger partial charge >= 0.3 is 0 Å². The lowest BCUT2D eigenvalue weighted by molar-refractivity contribution is 0.300. The van der Waals surface area contributed by atoms with Gasteiger partial charge in [0, 0.05) is 44.5 Å². The minimum Gasteiger partial charge on any atom is -0.488 e. The minimum absolute atomic E-state index is 0.0861. The number of hydrogen-bond donors (Lipinski definition) is 0. The maximum atomic E-state index is 15.2. The van der Waals surface area contributed by atoms with Crippen molar-refractivity contribution >= 4 is 23.3 Å². The van der Waals surface area contributed by atoms with Crippen LogP contribution in [-0.2, 0) is 13.2 Å². The van der Waals surface area contributed by atoms with Gasteiger partial charge in [-0.05, 0) is 117 Å². The molecule has 0 aliphatic carbocycles. The van der Waals surface area contributed by atoms with Crippen molar-refractivity contribution in [2.45, 2.75) is 27.1 Å². The van der Waals surface area contributed by atoms with E-state index in [0.717, 1.165) is 146 Å². The molecule has 16 rings (SSSR count). The Morgan fingerprint density at radius 1 is 0.323 bits per heavy atom. The van der Waals surface area contributed by atoms with E-state index < -0.39 is 0 Å². The van der Waals surface area contributed by atoms with Crippen LogP contribution in [0, 0.1) is 13.8 Å². The molecule has 0 amide bonds. The summed E-state index contributed by atoms with van der Waals surface area (Å²) in [5, 5.41) is 0. The van der Waals surface area contributed by atoms with Crippen LogP contribution in [-0.4, -0.2) is 9.13 Å². The molecule has 14 aromatic rings. The number of fused-ring (bicyclic) bond motifs is 6. The molecule has 0 spiro atoms. The number of hydrogen-bond acceptors (Lipinski definition) is 4. The van der Waals surface area contributed by atoms with Crippen molar-refractivity contribution < 1.29 is 9.47 Å². The van der Waals surface area contributed by atoms with Crippen LogP contribution in [0.25, 0.3) is 102 Å². The van der Waals surface area contributed by atoms with Gasteiger partial charge in [0.25, 0.3) is 11.1 Å². The number of pyridine rings is 2. The molecule has 0 N–H and O–H groups in total. The van der Waals surface area contributed by atoms with E-state index in [1.54, 1.807) is 0 Å². The van der Waals surface area contributed by atoms with E-state index in [2.05, 4.69) is 244 Å². The molecular weight excluding hydrogens is 1170 g/mol. The second kappa shape index (κ2) is 26.7. The van der Waals surface area contributed by atoms with Gasteiger partial charge in [-0.1, -0.05) is 303 Å². The molecular formula is C90H66N2O4. The van der Waals surface area contributed by atoms with E-state index in [0.29, 0.717) is 11.1 Å². The summed E-state index contributed by atoms with van der Waals surface area (Å²) in [7, 11) is 0. The molecule has 0 atom stereocenters. The van der Waals surface area contributed by atoms with Gasteiger partial charge < -0.3 is 9.47 Å². The van der Waals surface area contributed by atoms with Crippen LogP contribution < -0.4 is 20.6 Å². The van der Waals surface area contributed by atoms with E-state index in [4.69, 9.17) is 9.47 Å². The zero-order valence-electron chi connectivity index (χ0n) is 53.3. The van der Waals surface area contributed by atoms with Crippen LogP contribution in [0.5, 0.6) is 11.5 Å². The van der Waals surface area contributed by atoms with Crippen LogP contribution in [0.1, 0.15) is 55.6 Å². The summed E-state index contributed by atoms with van der Waals surface area (Å²) in [4.78, 5) is 30.5. The van der Waals surface area contributed by atoms with Gasteiger partial charge in [0.15, 0.2) is 0 Å². The molecule has 460 valence electrons. The molecule has 0 unspecified atom stereocenters. The average Bonchev–Trinajstić information content (AvgIpc) is 0.725. The molecule has 2 aromatic heterocycles. The number of ether oxygens (including phenoxy) is 2. The summed E-state index contributed by atoms with van der Waals surface area (Å²) in [6.07, 6.45) is 4.43. The normalized spacial score (nSPS) is 12.1. The standard InChI is InChI=1S/2C45H33NO2/c2*1-31-26-27-36(38(33-18-8-3-9-19-33)29-32-16-6-2-7-17-32)40(28-31)46-44(35-22-12-5-13-23-35)42(34-20-10-4-11-21-34)43-37-24-14-15-25-41(37)48-30-39(43)45(46)47/h2*2-29H,30H2,1H3/b2*38-29+. The number of aromatic nitrogens is 2. The Morgan fingerprint density at radius 2 is 0.625 bits per heavy atom. The van der Waals surface area contributed by atoms with Crippen LogP contribution in [0.3, 0.4) is 0 Å². The third-order valence-electron chi connectivity index (χ3n) is 18.0. The van der Waals surface area contributed by atoms with Crippen molar-refractivity contribution in [1.82, 2.24) is 9.13 Å². The first-order valence-electron chi connectivity index (χ1n) is 32.5. The second-order valence-electron chi connectivity index (χ2n) is 24.2. The smallest absolute Gasteiger partial charge is 0.262 e. The monoisotopic (exact) mass is 1240 g/mol. The Kier molecular flexibility index (Phi) is 16.6. The molecule has 0 fully saturated rings. The van der Waals surface area contributed by atoms with Crippen molar-refractivity contribution in [3.63, 3.8) is 0 Å². The molecule has 2 aliphatic rings. The number of para-hydroxylation sites is 2. The van der Waals surface area contributed by atoms with Crippen LogP contribution >= 0.6 is 0 Å². The molecule has 6 nitrogen and oxygen atoms in total. The van der Waals surface area contributed by atoms with E-state index >= 15 is 9.59 Å². The summed E-state index contributed by atoms with van der Waals surface area (Å²) >= 11 is 0. The maximum Gasteiger partial charge on any atom is 0.262 e. The van der Waals surface area contributed by atoms with Crippen LogP contribution in [0.4, 0.5) is 0 Å². The Hall–Kier alpha value is -12.4. The summed E-state index contributed by atoms with van der Waals surface area (Å²) in [6, 6.07) is 112. The Morgan fingerprint density at radius 3 is 0.979 bits per heavy atom. The van der Waals surface area contributed by atoms with Crippen molar-refractivity contribution in [2.75, 3.05) is 0 Å². The second-order valence-corrected chi connectivity index (χ2v) is 24.2. The molecule has 4 heterocycles. The summed E-state index contributed by atoms with van der Waals surface area (Å²) < 4.78 is 16.5. The van der Waals surface area contributed by atoms with Gasteiger partial charge in [-0.2, -0.15) is 0 Å². The van der Waals surface area contributed by atoms with Crippen molar-refractivity contribution in [2.24, 2.45) is 0 Å². The largest absolute Gasteiger partial charge is 0.488 e. The Balaban J connectivity index is 0.000000158. The third kappa shape index (κ3) is 11.6. The van der Waals surface area contributed by atoms with E-state index in [1.807, 2.05) is 118 Å². The summed E-state index contributed by atoms with van der Waals surface area (Å²) in [6.45, 7) is 4.54. The van der Waals surface area contributed by atoms with Crippen molar-refractivity contribution in [3.05, 3.63) is 404 Å². The quantitative estimate of drug-likeness (QED) is 0.114. The number of nitrogens with zero attached hydrogens (tertiary/aromatic N) is 2. The molecule has 0 radical (unpaired) electrons. The molecule has 12 aromatic carbocycles. The van der Waals surface area contributed by atoms with E-state index in [1.165, 1.54) is 0 Å². The molecule has 0 saturated carbocycles. The molecule has 0 saturated heterocycles. The topological polar surface area (TPSA) is 62.5 Å². The highest BCUT2D eigenvalue weighted by atomic mass is 16.5. The first kappa shape index (κ1) is 59.9. The summed E-state index contributed by atoms with van der Waals surface area (Å²) in [5.74, 6) is 1.57. The molecule has 2 aliphatic heterocycles. The van der Waals surface area contributed by atoms with Gasteiger partial charge in [0.2, 0.25) is 0 Å². The zero-order valence-corrected chi connectivity index (χ0v) is 53.3. The number of aryl methyl sites for hydroxylation is 2. The van der Waals surface area contributed by atoms with Crippen LogP contribution in [0.15, 0.2) is 337 Å². The first-order valence-corrected chi connectivity index (χ1v) is 32.5. The predicted octanol–water partition coefficient (Wildman–Crippen LogP) is 21.3. The molecule has 0 bridgehead atoms. The SMILES string of the molecule is Cc1ccc(/C(=C/c2ccccc2)c2ccccc2)c(-n2c(-c3ccccc3)c(-c3ccccc3)c3c(c2=O)COc2ccccc2-3)c1.Cc1ccc(/C(=C/c2ccccc2)c2ccccc2)c(-n2c(-c3ccccc3)c(-c3ccccc3)c3c(c2=O)COc2ccccc2-3)c1.